The normalized spacial score (nSPS) is 9.89. The molecule has 0 aliphatic rings. The van der Waals surface area contributed by atoms with Gasteiger partial charge in [-0.1, -0.05) is 0 Å². The molecule has 0 unspecified atom stereocenters. The van der Waals surface area contributed by atoms with Crippen LogP contribution in [0, 0.1) is 0 Å². The van der Waals surface area contributed by atoms with Crippen LogP contribution in [-0.4, -0.2) is 28.4 Å². The second-order valence-electron chi connectivity index (χ2n) is 3.67. The molecule has 0 bridgehead atoms. The van der Waals surface area contributed by atoms with Crippen LogP contribution in [0.3, 0.4) is 0 Å². The van der Waals surface area contributed by atoms with Crippen molar-refractivity contribution in [1.82, 2.24) is 9.97 Å². The predicted molar refractivity (Wildman–Crippen MR) is 67.7 cm³/mol. The maximum Gasteiger partial charge on any atom is 0.257 e. The van der Waals surface area contributed by atoms with E-state index >= 15 is 0 Å². The van der Waals surface area contributed by atoms with Gasteiger partial charge < -0.3 is 15.5 Å². The number of nitrogens with two attached hydrogens (primary N) is 1. The number of amides is 2. The molecule has 19 heavy (non-hydrogen) atoms. The Morgan fingerprint density at radius 1 is 1.32 bits per heavy atom. The second kappa shape index (κ2) is 5.67. The van der Waals surface area contributed by atoms with Gasteiger partial charge in [-0.05, 0) is 24.3 Å². The van der Waals surface area contributed by atoms with Crippen LogP contribution in [-0.2, 0) is 4.79 Å². The van der Waals surface area contributed by atoms with E-state index in [0.717, 1.165) is 0 Å². The Morgan fingerprint density at radius 3 is 2.63 bits per heavy atom. The van der Waals surface area contributed by atoms with E-state index in [2.05, 4.69) is 15.3 Å². The van der Waals surface area contributed by atoms with Crippen molar-refractivity contribution >= 4 is 17.8 Å². The van der Waals surface area contributed by atoms with E-state index in [-0.39, 0.29) is 12.5 Å². The summed E-state index contributed by atoms with van der Waals surface area (Å²) < 4.78 is 5.08. The zero-order chi connectivity index (χ0) is 13.7. The van der Waals surface area contributed by atoms with E-state index in [9.17, 15) is 9.59 Å². The fourth-order valence-corrected chi connectivity index (χ4v) is 1.37. The molecule has 1 aromatic heterocycles. The lowest BCUT2D eigenvalue weighted by molar-refractivity contribution is -0.119. The smallest absolute Gasteiger partial charge is 0.257 e. The summed E-state index contributed by atoms with van der Waals surface area (Å²) in [5, 5.41) is 2.59. The van der Waals surface area contributed by atoms with Crippen molar-refractivity contribution in [1.29, 1.82) is 0 Å². The van der Waals surface area contributed by atoms with Gasteiger partial charge >= 0.3 is 0 Å². The number of hydrogen-bond acceptors (Lipinski definition) is 4. The van der Waals surface area contributed by atoms with E-state index in [1.165, 1.54) is 6.20 Å². The molecule has 0 spiro atoms. The Labute approximate surface area is 108 Å². The summed E-state index contributed by atoms with van der Waals surface area (Å²) in [6, 6.07) is 6.32. The van der Waals surface area contributed by atoms with Gasteiger partial charge in [0, 0.05) is 18.0 Å². The van der Waals surface area contributed by atoms with Crippen molar-refractivity contribution in [2.24, 2.45) is 5.73 Å². The number of aromatic nitrogens is 2. The maximum atomic E-state index is 11.8. The number of carbonyl (C=O) groups excluding carboxylic acids is 2. The largest absolute Gasteiger partial charge is 0.484 e. The number of imidazole rings is 1. The highest BCUT2D eigenvalue weighted by molar-refractivity contribution is 6.03. The Hall–Kier alpha value is -2.83. The standard InChI is InChI=1S/C12H12N4O3/c13-10(17)7-19-9-3-1-8(2-4-9)11(18)16-12-14-5-6-15-12/h1-6H,7H2,(H2,13,17)(H2,14,15,16,18). The Bertz CT molecular complexity index is 563. The molecule has 7 nitrogen and oxygen atoms in total. The third-order valence-corrected chi connectivity index (χ3v) is 2.23. The van der Waals surface area contributed by atoms with Crippen molar-refractivity contribution in [3.63, 3.8) is 0 Å². The number of ether oxygens (including phenoxy) is 1. The van der Waals surface area contributed by atoms with Crippen LogP contribution in [0.2, 0.25) is 0 Å². The average Bonchev–Trinajstić information content (AvgIpc) is 2.89. The van der Waals surface area contributed by atoms with Crippen LogP contribution in [0.15, 0.2) is 36.7 Å². The zero-order valence-electron chi connectivity index (χ0n) is 9.92. The van der Waals surface area contributed by atoms with E-state index in [1.807, 2.05) is 0 Å². The number of aromatic amines is 1. The average molecular weight is 260 g/mol. The molecule has 0 fully saturated rings. The number of rotatable bonds is 5. The minimum Gasteiger partial charge on any atom is -0.484 e. The minimum absolute atomic E-state index is 0.196. The Morgan fingerprint density at radius 2 is 2.05 bits per heavy atom. The van der Waals surface area contributed by atoms with Gasteiger partial charge in [-0.25, -0.2) is 4.98 Å². The number of benzene rings is 1. The lowest BCUT2D eigenvalue weighted by Crippen LogP contribution is -2.20. The van der Waals surface area contributed by atoms with Crippen LogP contribution in [0.5, 0.6) is 5.75 Å². The van der Waals surface area contributed by atoms with Crippen molar-refractivity contribution in [2.75, 3.05) is 11.9 Å². The molecule has 0 atom stereocenters. The molecule has 0 radical (unpaired) electrons. The highest BCUT2D eigenvalue weighted by Crippen LogP contribution is 2.13. The van der Waals surface area contributed by atoms with Crippen molar-refractivity contribution in [2.45, 2.75) is 0 Å². The van der Waals surface area contributed by atoms with Gasteiger partial charge in [-0.15, -0.1) is 0 Å². The van der Waals surface area contributed by atoms with Gasteiger partial charge in [0.25, 0.3) is 11.8 Å². The second-order valence-corrected chi connectivity index (χ2v) is 3.67. The topological polar surface area (TPSA) is 110 Å². The molecule has 0 aliphatic heterocycles. The van der Waals surface area contributed by atoms with Gasteiger partial charge in [-0.2, -0.15) is 0 Å². The molecule has 7 heteroatoms. The number of nitrogens with zero attached hydrogens (tertiary/aromatic N) is 1. The molecule has 2 amide bonds. The van der Waals surface area contributed by atoms with Crippen molar-refractivity contribution < 1.29 is 14.3 Å². The molecular weight excluding hydrogens is 248 g/mol. The first-order valence-electron chi connectivity index (χ1n) is 5.47. The summed E-state index contributed by atoms with van der Waals surface area (Å²) in [5.74, 6) is -0.0107. The van der Waals surface area contributed by atoms with Gasteiger partial charge in [0.05, 0.1) is 0 Å². The van der Waals surface area contributed by atoms with Crippen LogP contribution < -0.4 is 15.8 Å². The zero-order valence-corrected chi connectivity index (χ0v) is 9.92. The summed E-state index contributed by atoms with van der Waals surface area (Å²) in [5.41, 5.74) is 5.40. The molecule has 98 valence electrons. The third kappa shape index (κ3) is 3.56. The Kier molecular flexibility index (Phi) is 3.77. The molecule has 2 aromatic rings. The first kappa shape index (κ1) is 12.6. The highest BCUT2D eigenvalue weighted by atomic mass is 16.5. The summed E-state index contributed by atoms with van der Waals surface area (Å²) in [4.78, 5) is 29.0. The third-order valence-electron chi connectivity index (χ3n) is 2.23. The van der Waals surface area contributed by atoms with Crippen LogP contribution in [0.4, 0.5) is 5.95 Å². The molecule has 0 saturated carbocycles. The monoisotopic (exact) mass is 260 g/mol. The van der Waals surface area contributed by atoms with Crippen LogP contribution in [0.25, 0.3) is 0 Å². The molecule has 1 heterocycles. The fraction of sp³-hybridized carbons (Fsp3) is 0.0833. The maximum absolute atomic E-state index is 11.8. The molecule has 0 saturated heterocycles. The summed E-state index contributed by atoms with van der Waals surface area (Å²) >= 11 is 0. The lowest BCUT2D eigenvalue weighted by Gasteiger charge is -2.05. The number of H-pyrrole nitrogens is 1. The quantitative estimate of drug-likeness (QED) is 0.728. The van der Waals surface area contributed by atoms with E-state index in [0.29, 0.717) is 17.3 Å². The molecule has 0 aliphatic carbocycles. The fourth-order valence-electron chi connectivity index (χ4n) is 1.37. The van der Waals surface area contributed by atoms with Crippen molar-refractivity contribution in [3.8, 4) is 5.75 Å². The lowest BCUT2D eigenvalue weighted by atomic mass is 10.2. The molecule has 2 rings (SSSR count). The first-order chi connectivity index (χ1) is 9.15. The van der Waals surface area contributed by atoms with Gasteiger partial charge in [-0.3, -0.25) is 14.9 Å². The predicted octanol–water partition coefficient (Wildman–Crippen LogP) is 0.526. The first-order valence-corrected chi connectivity index (χ1v) is 5.47. The van der Waals surface area contributed by atoms with Crippen LogP contribution >= 0.6 is 0 Å². The highest BCUT2D eigenvalue weighted by Gasteiger charge is 2.07. The van der Waals surface area contributed by atoms with Gasteiger partial charge in [0.2, 0.25) is 5.95 Å². The summed E-state index contributed by atoms with van der Waals surface area (Å²) in [6.07, 6.45) is 3.15. The molecule has 4 N–H and O–H groups in total. The van der Waals surface area contributed by atoms with E-state index < -0.39 is 5.91 Å². The summed E-state index contributed by atoms with van der Waals surface area (Å²) in [7, 11) is 0. The number of nitrogens with one attached hydrogen (secondary N) is 2. The van der Waals surface area contributed by atoms with Gasteiger partial charge in [0.1, 0.15) is 5.75 Å². The van der Waals surface area contributed by atoms with E-state index in [4.69, 9.17) is 10.5 Å². The molecular formula is C12H12N4O3. The summed E-state index contributed by atoms with van der Waals surface area (Å²) in [6.45, 7) is -0.196. The molecule has 1 aromatic carbocycles. The number of primary amides is 1. The minimum atomic E-state index is -0.556. The van der Waals surface area contributed by atoms with Crippen LogP contribution in [0.1, 0.15) is 10.4 Å². The SMILES string of the molecule is NC(=O)COc1ccc(C(=O)Nc2ncc[nH]2)cc1. The van der Waals surface area contributed by atoms with Crippen molar-refractivity contribution in [3.05, 3.63) is 42.2 Å². The number of hydrogen-bond donors (Lipinski definition) is 3. The Balaban J connectivity index is 1.97. The number of anilines is 1. The van der Waals surface area contributed by atoms with Gasteiger partial charge in [0.15, 0.2) is 6.61 Å². The van der Waals surface area contributed by atoms with E-state index in [1.54, 1.807) is 30.5 Å². The number of carbonyl (C=O) groups is 2.